The van der Waals surface area contributed by atoms with Crippen LogP contribution in [0, 0.1) is 6.92 Å². The zero-order chi connectivity index (χ0) is 14.5. The summed E-state index contributed by atoms with van der Waals surface area (Å²) >= 11 is 0. The number of hydrogen-bond acceptors (Lipinski definition) is 3. The van der Waals surface area contributed by atoms with Crippen LogP contribution in [0.4, 0.5) is 0 Å². The Bertz CT molecular complexity index is 631. The van der Waals surface area contributed by atoms with E-state index in [0.717, 1.165) is 16.6 Å². The van der Waals surface area contributed by atoms with Gasteiger partial charge in [0.1, 0.15) is 13.1 Å². The lowest BCUT2D eigenvalue weighted by atomic mass is 10.2. The van der Waals surface area contributed by atoms with Crippen molar-refractivity contribution in [2.75, 3.05) is 13.2 Å². The van der Waals surface area contributed by atoms with Crippen molar-refractivity contribution >= 4 is 22.8 Å². The molecule has 2 rings (SSSR count). The maximum atomic E-state index is 11.9. The minimum Gasteiger partial charge on any atom is -0.465 e. The maximum Gasteiger partial charge on any atom is 0.325 e. The van der Waals surface area contributed by atoms with E-state index in [4.69, 9.17) is 4.74 Å². The van der Waals surface area contributed by atoms with Crippen LogP contribution in [0.5, 0.6) is 0 Å². The van der Waals surface area contributed by atoms with Crippen LogP contribution in [0.25, 0.3) is 10.9 Å². The summed E-state index contributed by atoms with van der Waals surface area (Å²) in [7, 11) is 0. The van der Waals surface area contributed by atoms with Crippen molar-refractivity contribution in [2.45, 2.75) is 20.4 Å². The van der Waals surface area contributed by atoms with Crippen LogP contribution in [-0.4, -0.2) is 29.6 Å². The van der Waals surface area contributed by atoms with E-state index >= 15 is 0 Å². The fourth-order valence-electron chi connectivity index (χ4n) is 2.14. The van der Waals surface area contributed by atoms with Crippen LogP contribution in [0.1, 0.15) is 12.6 Å². The van der Waals surface area contributed by atoms with Gasteiger partial charge in [0.2, 0.25) is 5.91 Å². The van der Waals surface area contributed by atoms with Crippen LogP contribution < -0.4 is 5.32 Å². The number of ether oxygens (including phenoxy) is 1. The van der Waals surface area contributed by atoms with E-state index in [9.17, 15) is 9.59 Å². The van der Waals surface area contributed by atoms with Crippen molar-refractivity contribution in [3.05, 3.63) is 36.0 Å². The van der Waals surface area contributed by atoms with Crippen LogP contribution in [0.15, 0.2) is 30.3 Å². The summed E-state index contributed by atoms with van der Waals surface area (Å²) in [6, 6.07) is 9.92. The second-order valence-corrected chi connectivity index (χ2v) is 4.51. The molecule has 1 aromatic heterocycles. The van der Waals surface area contributed by atoms with Gasteiger partial charge in [-0.25, -0.2) is 0 Å². The van der Waals surface area contributed by atoms with Crippen LogP contribution in [-0.2, 0) is 20.9 Å². The molecule has 1 amide bonds. The molecule has 0 atom stereocenters. The van der Waals surface area contributed by atoms with E-state index in [0.29, 0.717) is 6.61 Å². The van der Waals surface area contributed by atoms with Crippen molar-refractivity contribution in [1.82, 2.24) is 9.88 Å². The largest absolute Gasteiger partial charge is 0.465 e. The number of benzene rings is 1. The normalized spacial score (nSPS) is 10.5. The van der Waals surface area contributed by atoms with Crippen LogP contribution >= 0.6 is 0 Å². The van der Waals surface area contributed by atoms with Crippen molar-refractivity contribution in [2.24, 2.45) is 0 Å². The van der Waals surface area contributed by atoms with E-state index in [1.165, 1.54) is 0 Å². The van der Waals surface area contributed by atoms with E-state index in [2.05, 4.69) is 5.32 Å². The molecule has 0 spiro atoms. The number of carbonyl (C=O) groups is 2. The summed E-state index contributed by atoms with van der Waals surface area (Å²) in [6.45, 7) is 4.10. The van der Waals surface area contributed by atoms with E-state index in [1.54, 1.807) is 6.92 Å². The van der Waals surface area contributed by atoms with Crippen molar-refractivity contribution in [1.29, 1.82) is 0 Å². The fraction of sp³-hybridized carbons (Fsp3) is 0.333. The molecule has 0 bridgehead atoms. The first-order valence-corrected chi connectivity index (χ1v) is 6.59. The number of nitrogens with zero attached hydrogens (tertiary/aromatic N) is 1. The Labute approximate surface area is 117 Å². The monoisotopic (exact) mass is 274 g/mol. The van der Waals surface area contributed by atoms with Crippen molar-refractivity contribution in [3.63, 3.8) is 0 Å². The zero-order valence-electron chi connectivity index (χ0n) is 11.7. The first-order chi connectivity index (χ1) is 9.61. The van der Waals surface area contributed by atoms with Gasteiger partial charge in [-0.1, -0.05) is 18.2 Å². The lowest BCUT2D eigenvalue weighted by Gasteiger charge is -2.09. The molecule has 0 aliphatic heterocycles. The van der Waals surface area contributed by atoms with Crippen molar-refractivity contribution in [3.8, 4) is 0 Å². The fourth-order valence-corrected chi connectivity index (χ4v) is 2.14. The van der Waals surface area contributed by atoms with Crippen LogP contribution in [0.2, 0.25) is 0 Å². The molecule has 0 saturated carbocycles. The predicted molar refractivity (Wildman–Crippen MR) is 76.3 cm³/mol. The molecule has 0 aliphatic carbocycles. The number of amides is 1. The number of esters is 1. The van der Waals surface area contributed by atoms with Gasteiger partial charge in [0.25, 0.3) is 0 Å². The smallest absolute Gasteiger partial charge is 0.325 e. The SMILES string of the molecule is CCOC(=O)CNC(=O)Cn1c(C)cc2ccccc21. The molecule has 1 heterocycles. The zero-order valence-corrected chi connectivity index (χ0v) is 11.7. The molecule has 20 heavy (non-hydrogen) atoms. The highest BCUT2D eigenvalue weighted by Gasteiger charge is 2.10. The first kappa shape index (κ1) is 14.1. The van der Waals surface area contributed by atoms with E-state index in [1.807, 2.05) is 41.8 Å². The van der Waals surface area contributed by atoms with Gasteiger partial charge in [0, 0.05) is 11.2 Å². The third-order valence-electron chi connectivity index (χ3n) is 3.05. The molecule has 2 aromatic rings. The lowest BCUT2D eigenvalue weighted by molar-refractivity contribution is -0.143. The Kier molecular flexibility index (Phi) is 4.40. The van der Waals surface area contributed by atoms with Gasteiger partial charge in [0.05, 0.1) is 6.61 Å². The van der Waals surface area contributed by atoms with Gasteiger partial charge in [-0.3, -0.25) is 9.59 Å². The summed E-state index contributed by atoms with van der Waals surface area (Å²) in [5.74, 6) is -0.627. The Morgan fingerprint density at radius 3 is 2.80 bits per heavy atom. The van der Waals surface area contributed by atoms with Crippen LogP contribution in [0.3, 0.4) is 0 Å². The Morgan fingerprint density at radius 2 is 2.05 bits per heavy atom. The number of para-hydroxylation sites is 1. The number of nitrogens with one attached hydrogen (secondary N) is 1. The van der Waals surface area contributed by atoms with E-state index in [-0.39, 0.29) is 19.0 Å². The maximum absolute atomic E-state index is 11.9. The Balaban J connectivity index is 2.03. The highest BCUT2D eigenvalue weighted by Crippen LogP contribution is 2.18. The number of rotatable bonds is 5. The molecule has 106 valence electrons. The summed E-state index contributed by atoms with van der Waals surface area (Å²) < 4.78 is 6.69. The minimum atomic E-state index is -0.421. The molecule has 0 aliphatic rings. The molecule has 0 radical (unpaired) electrons. The molecule has 0 fully saturated rings. The van der Waals surface area contributed by atoms with Gasteiger partial charge < -0.3 is 14.6 Å². The highest BCUT2D eigenvalue weighted by atomic mass is 16.5. The number of hydrogen-bond donors (Lipinski definition) is 1. The third kappa shape index (κ3) is 3.17. The summed E-state index contributed by atoms with van der Waals surface area (Å²) in [4.78, 5) is 23.1. The average molecular weight is 274 g/mol. The van der Waals surface area contributed by atoms with Gasteiger partial charge in [-0.05, 0) is 31.4 Å². The average Bonchev–Trinajstić information content (AvgIpc) is 2.73. The number of aryl methyl sites for hydroxylation is 1. The lowest BCUT2D eigenvalue weighted by Crippen LogP contribution is -2.33. The number of aromatic nitrogens is 1. The van der Waals surface area contributed by atoms with Gasteiger partial charge >= 0.3 is 5.97 Å². The molecule has 1 aromatic carbocycles. The number of fused-ring (bicyclic) bond motifs is 1. The Morgan fingerprint density at radius 1 is 1.30 bits per heavy atom. The molecular formula is C15H18N2O3. The van der Waals surface area contributed by atoms with Gasteiger partial charge in [-0.15, -0.1) is 0 Å². The number of carbonyl (C=O) groups excluding carboxylic acids is 2. The molecule has 0 saturated heterocycles. The summed E-state index contributed by atoms with van der Waals surface area (Å²) in [5, 5.41) is 3.66. The predicted octanol–water partition coefficient (Wildman–Crippen LogP) is 1.63. The molecule has 0 unspecified atom stereocenters. The van der Waals surface area contributed by atoms with Gasteiger partial charge in [0.15, 0.2) is 0 Å². The first-order valence-electron chi connectivity index (χ1n) is 6.59. The molecule has 5 nitrogen and oxygen atoms in total. The van der Waals surface area contributed by atoms with E-state index < -0.39 is 5.97 Å². The minimum absolute atomic E-state index is 0.0923. The van der Waals surface area contributed by atoms with Gasteiger partial charge in [-0.2, -0.15) is 0 Å². The summed E-state index contributed by atoms with van der Waals surface area (Å²) in [5.41, 5.74) is 2.02. The second kappa shape index (κ2) is 6.23. The Hall–Kier alpha value is -2.30. The molecule has 5 heteroatoms. The molecular weight excluding hydrogens is 256 g/mol. The highest BCUT2D eigenvalue weighted by molar-refractivity contribution is 5.85. The topological polar surface area (TPSA) is 60.3 Å². The summed E-state index contributed by atoms with van der Waals surface area (Å²) in [6.07, 6.45) is 0. The molecule has 1 N–H and O–H groups in total. The quantitative estimate of drug-likeness (QED) is 0.843. The van der Waals surface area contributed by atoms with Crippen molar-refractivity contribution < 1.29 is 14.3 Å². The second-order valence-electron chi connectivity index (χ2n) is 4.51. The standard InChI is InChI=1S/C15H18N2O3/c1-3-20-15(19)9-16-14(18)10-17-11(2)8-12-6-4-5-7-13(12)17/h4-8H,3,9-10H2,1-2H3,(H,16,18). The third-order valence-corrected chi connectivity index (χ3v) is 3.05.